The highest BCUT2D eigenvalue weighted by Crippen LogP contribution is 2.39. The van der Waals surface area contributed by atoms with E-state index in [1.54, 1.807) is 21.3 Å². The minimum atomic E-state index is -0.134. The highest BCUT2D eigenvalue weighted by Gasteiger charge is 2.34. The first-order valence-corrected chi connectivity index (χ1v) is 12.8. The van der Waals surface area contributed by atoms with Crippen molar-refractivity contribution in [2.24, 2.45) is 0 Å². The Morgan fingerprint density at radius 3 is 2.17 bits per heavy atom. The molecule has 1 unspecified atom stereocenters. The molecule has 0 bridgehead atoms. The summed E-state index contributed by atoms with van der Waals surface area (Å²) in [5.41, 5.74) is 2.24. The molecular weight excluding hydrogens is 456 g/mol. The van der Waals surface area contributed by atoms with Gasteiger partial charge in [0, 0.05) is 37.4 Å². The van der Waals surface area contributed by atoms with Crippen LogP contribution in [-0.2, 0) is 0 Å². The van der Waals surface area contributed by atoms with Crippen molar-refractivity contribution in [3.8, 4) is 17.2 Å². The largest absolute Gasteiger partial charge is 0.497 e. The van der Waals surface area contributed by atoms with Crippen LogP contribution in [0.1, 0.15) is 55.6 Å². The lowest BCUT2D eigenvalue weighted by Crippen LogP contribution is -2.48. The molecule has 192 valence electrons. The van der Waals surface area contributed by atoms with E-state index in [1.165, 1.54) is 24.9 Å². The van der Waals surface area contributed by atoms with Crippen LogP contribution in [0.4, 0.5) is 5.69 Å². The molecule has 1 aliphatic carbocycles. The summed E-state index contributed by atoms with van der Waals surface area (Å²) in [7, 11) is 5.11. The van der Waals surface area contributed by atoms with Crippen LogP contribution in [0.5, 0.6) is 17.2 Å². The summed E-state index contributed by atoms with van der Waals surface area (Å²) in [6, 6.07) is 14.5. The van der Waals surface area contributed by atoms with Crippen molar-refractivity contribution < 1.29 is 14.2 Å². The van der Waals surface area contributed by atoms with E-state index in [0.29, 0.717) is 6.04 Å². The van der Waals surface area contributed by atoms with Crippen molar-refractivity contribution in [1.29, 1.82) is 0 Å². The van der Waals surface area contributed by atoms with Crippen LogP contribution in [0.15, 0.2) is 42.5 Å². The molecule has 0 amide bonds. The third-order valence-corrected chi connectivity index (χ3v) is 7.53. The van der Waals surface area contributed by atoms with E-state index >= 15 is 0 Å². The number of aromatic nitrogens is 4. The van der Waals surface area contributed by atoms with Crippen LogP contribution >= 0.6 is 0 Å². The molecule has 2 aliphatic rings. The smallest absolute Gasteiger partial charge is 0.173 e. The molecule has 1 atom stereocenters. The number of anilines is 1. The Balaban J connectivity index is 1.47. The number of methoxy groups -OCH3 is 3. The predicted molar refractivity (Wildman–Crippen MR) is 138 cm³/mol. The lowest BCUT2D eigenvalue weighted by atomic mass is 9.94. The average Bonchev–Trinajstić information content (AvgIpc) is 3.43. The molecular formula is C27H36N6O3. The van der Waals surface area contributed by atoms with Gasteiger partial charge in [0.15, 0.2) is 5.82 Å². The van der Waals surface area contributed by atoms with Crippen LogP contribution in [0, 0.1) is 0 Å². The van der Waals surface area contributed by atoms with Crippen LogP contribution in [0.2, 0.25) is 0 Å². The minimum absolute atomic E-state index is 0.134. The first-order valence-electron chi connectivity index (χ1n) is 12.8. The molecule has 9 nitrogen and oxygen atoms in total. The molecule has 0 spiro atoms. The van der Waals surface area contributed by atoms with E-state index in [9.17, 15) is 0 Å². The number of tetrazole rings is 1. The van der Waals surface area contributed by atoms with Crippen molar-refractivity contribution in [2.75, 3.05) is 52.4 Å². The topological polar surface area (TPSA) is 77.8 Å². The number of hydrogen-bond acceptors (Lipinski definition) is 8. The molecule has 1 saturated heterocycles. The predicted octanol–water partition coefficient (Wildman–Crippen LogP) is 4.12. The van der Waals surface area contributed by atoms with Gasteiger partial charge in [-0.2, -0.15) is 0 Å². The number of rotatable bonds is 8. The molecule has 5 rings (SSSR count). The second-order valence-electron chi connectivity index (χ2n) is 9.50. The van der Waals surface area contributed by atoms with Crippen molar-refractivity contribution in [3.05, 3.63) is 53.9 Å². The lowest BCUT2D eigenvalue weighted by Gasteiger charge is -2.40. The van der Waals surface area contributed by atoms with E-state index < -0.39 is 0 Å². The van der Waals surface area contributed by atoms with Crippen molar-refractivity contribution in [2.45, 2.75) is 44.2 Å². The monoisotopic (exact) mass is 492 g/mol. The molecule has 2 aromatic carbocycles. The van der Waals surface area contributed by atoms with Crippen molar-refractivity contribution in [1.82, 2.24) is 25.1 Å². The Morgan fingerprint density at radius 2 is 1.50 bits per heavy atom. The quantitative estimate of drug-likeness (QED) is 0.465. The van der Waals surface area contributed by atoms with Gasteiger partial charge in [-0.25, -0.2) is 4.68 Å². The van der Waals surface area contributed by atoms with Gasteiger partial charge in [-0.15, -0.1) is 5.10 Å². The van der Waals surface area contributed by atoms with E-state index in [0.717, 1.165) is 67.7 Å². The molecule has 1 saturated carbocycles. The van der Waals surface area contributed by atoms with Crippen LogP contribution in [0.25, 0.3) is 0 Å². The van der Waals surface area contributed by atoms with Crippen molar-refractivity contribution in [3.63, 3.8) is 0 Å². The average molecular weight is 493 g/mol. The Bertz CT molecular complexity index is 1120. The van der Waals surface area contributed by atoms with Gasteiger partial charge in [-0.05, 0) is 65.7 Å². The first kappa shape index (κ1) is 24.4. The van der Waals surface area contributed by atoms with Gasteiger partial charge in [0.25, 0.3) is 0 Å². The third-order valence-electron chi connectivity index (χ3n) is 7.53. The Morgan fingerprint density at radius 1 is 0.806 bits per heavy atom. The summed E-state index contributed by atoms with van der Waals surface area (Å²) in [4.78, 5) is 4.89. The highest BCUT2D eigenvalue weighted by atomic mass is 16.5. The zero-order chi connectivity index (χ0) is 24.9. The number of ether oxygens (including phenoxy) is 3. The summed E-state index contributed by atoms with van der Waals surface area (Å²) < 4.78 is 18.8. The Labute approximate surface area is 212 Å². The fourth-order valence-electron chi connectivity index (χ4n) is 5.55. The molecule has 1 aliphatic heterocycles. The van der Waals surface area contributed by atoms with Gasteiger partial charge in [0.05, 0.1) is 27.4 Å². The van der Waals surface area contributed by atoms with E-state index in [4.69, 9.17) is 14.2 Å². The second kappa shape index (κ2) is 11.2. The molecule has 2 heterocycles. The van der Waals surface area contributed by atoms with E-state index in [-0.39, 0.29) is 6.04 Å². The lowest BCUT2D eigenvalue weighted by molar-refractivity contribution is 0.190. The van der Waals surface area contributed by atoms with E-state index in [1.807, 2.05) is 24.3 Å². The molecule has 36 heavy (non-hydrogen) atoms. The maximum absolute atomic E-state index is 5.83. The van der Waals surface area contributed by atoms with Crippen LogP contribution in [-0.4, -0.2) is 72.6 Å². The SMILES string of the molecule is COc1ccc(N2CCN(C(c3cc(OC)ccc3OC)c3nnnn3C3CCCCC3)CC2)cc1. The standard InChI is InChI=1S/C27H36N6O3/c1-34-22-11-9-20(10-12-22)31-15-17-32(18-16-31)26(24-19-23(35-2)13-14-25(24)36-3)27-28-29-30-33(27)21-7-5-4-6-8-21/h9-14,19,21,26H,4-8,15-18H2,1-3H3. The molecule has 3 aromatic rings. The molecule has 9 heteroatoms. The fourth-order valence-corrected chi connectivity index (χ4v) is 5.55. The molecule has 1 aromatic heterocycles. The van der Waals surface area contributed by atoms with Crippen molar-refractivity contribution >= 4 is 5.69 Å². The summed E-state index contributed by atoms with van der Waals surface area (Å²) >= 11 is 0. The first-order chi connectivity index (χ1) is 17.7. The zero-order valence-corrected chi connectivity index (χ0v) is 21.5. The van der Waals surface area contributed by atoms with Gasteiger partial charge < -0.3 is 19.1 Å². The molecule has 0 N–H and O–H groups in total. The van der Waals surface area contributed by atoms with Gasteiger partial charge in [-0.1, -0.05) is 19.3 Å². The fraction of sp³-hybridized carbons (Fsp3) is 0.519. The van der Waals surface area contributed by atoms with Gasteiger partial charge in [0.2, 0.25) is 0 Å². The number of nitrogens with zero attached hydrogens (tertiary/aromatic N) is 6. The van der Waals surface area contributed by atoms with E-state index in [2.05, 4.69) is 48.2 Å². The molecule has 0 radical (unpaired) electrons. The Kier molecular flexibility index (Phi) is 7.55. The Hall–Kier alpha value is -3.33. The van der Waals surface area contributed by atoms with Crippen LogP contribution in [0.3, 0.4) is 0 Å². The maximum Gasteiger partial charge on any atom is 0.173 e. The molecule has 2 fully saturated rings. The number of benzene rings is 2. The van der Waals surface area contributed by atoms with Crippen LogP contribution < -0.4 is 19.1 Å². The van der Waals surface area contributed by atoms with Gasteiger partial charge in [-0.3, -0.25) is 4.90 Å². The summed E-state index contributed by atoms with van der Waals surface area (Å²) in [5.74, 6) is 3.37. The minimum Gasteiger partial charge on any atom is -0.497 e. The number of piperazine rings is 1. The second-order valence-corrected chi connectivity index (χ2v) is 9.50. The number of hydrogen-bond donors (Lipinski definition) is 0. The third kappa shape index (κ3) is 4.97. The normalized spacial score (nSPS) is 18.1. The summed E-state index contributed by atoms with van der Waals surface area (Å²) in [6.07, 6.45) is 5.96. The summed E-state index contributed by atoms with van der Waals surface area (Å²) in [5, 5.41) is 13.3. The maximum atomic E-state index is 5.83. The van der Waals surface area contributed by atoms with Gasteiger partial charge >= 0.3 is 0 Å². The summed E-state index contributed by atoms with van der Waals surface area (Å²) in [6.45, 7) is 3.55. The highest BCUT2D eigenvalue weighted by molar-refractivity contribution is 5.50. The zero-order valence-electron chi connectivity index (χ0n) is 21.5. The van der Waals surface area contributed by atoms with Gasteiger partial charge in [0.1, 0.15) is 23.3 Å².